The molecular weight excluding hydrogens is 309 g/mol. The lowest BCUT2D eigenvalue weighted by Crippen LogP contribution is -2.34. The third kappa shape index (κ3) is 1.91. The highest BCUT2D eigenvalue weighted by atomic mass is 19.1. The van der Waals surface area contributed by atoms with E-state index in [1.54, 1.807) is 6.07 Å². The van der Waals surface area contributed by atoms with E-state index in [0.29, 0.717) is 11.3 Å². The van der Waals surface area contributed by atoms with Gasteiger partial charge in [-0.1, -0.05) is 57.1 Å². The second-order valence-electron chi connectivity index (χ2n) is 8.58. The molecule has 1 N–H and O–H groups in total. The maximum absolute atomic E-state index is 15.0. The Hall–Kier alpha value is -1.96. The molecule has 0 aromatic heterocycles. The van der Waals surface area contributed by atoms with E-state index in [2.05, 4.69) is 53.7 Å². The summed E-state index contributed by atoms with van der Waals surface area (Å²) in [7, 11) is 0. The van der Waals surface area contributed by atoms with Crippen molar-refractivity contribution in [2.45, 2.75) is 58.8 Å². The van der Waals surface area contributed by atoms with Gasteiger partial charge >= 0.3 is 0 Å². The SMILES string of the molecule is CC=C1C2=C(C)C(C)(C)c3c(F)ccc(c3C2=N)C2(C)C/C2=C\C1C. The molecular formula is C23H26FN. The summed E-state index contributed by atoms with van der Waals surface area (Å²) in [4.78, 5) is 0. The van der Waals surface area contributed by atoms with Crippen molar-refractivity contribution in [3.63, 3.8) is 0 Å². The summed E-state index contributed by atoms with van der Waals surface area (Å²) in [6.45, 7) is 12.8. The van der Waals surface area contributed by atoms with Crippen LogP contribution in [-0.4, -0.2) is 5.71 Å². The molecule has 25 heavy (non-hydrogen) atoms. The molecule has 1 aromatic carbocycles. The lowest BCUT2D eigenvalue weighted by molar-refractivity contribution is 0.532. The van der Waals surface area contributed by atoms with Gasteiger partial charge in [0.1, 0.15) is 5.82 Å². The van der Waals surface area contributed by atoms with Crippen molar-refractivity contribution in [1.29, 1.82) is 5.41 Å². The van der Waals surface area contributed by atoms with Gasteiger partial charge < -0.3 is 0 Å². The van der Waals surface area contributed by atoms with Crippen LogP contribution in [-0.2, 0) is 10.8 Å². The van der Waals surface area contributed by atoms with E-state index in [4.69, 9.17) is 5.41 Å². The molecule has 2 atom stereocenters. The fourth-order valence-electron chi connectivity index (χ4n) is 4.96. The van der Waals surface area contributed by atoms with E-state index in [9.17, 15) is 4.39 Å². The first-order valence-corrected chi connectivity index (χ1v) is 9.16. The smallest absolute Gasteiger partial charge is 0.127 e. The minimum absolute atomic E-state index is 0.0476. The highest BCUT2D eigenvalue weighted by Crippen LogP contribution is 2.59. The van der Waals surface area contributed by atoms with Crippen molar-refractivity contribution in [2.75, 3.05) is 0 Å². The molecule has 1 fully saturated rings. The number of hydrogen-bond acceptors (Lipinski definition) is 1. The molecule has 2 heteroatoms. The molecule has 0 aliphatic heterocycles. The van der Waals surface area contributed by atoms with Crippen LogP contribution in [0.1, 0.15) is 64.7 Å². The highest BCUT2D eigenvalue weighted by molar-refractivity contribution is 6.18. The molecule has 1 nitrogen and oxygen atoms in total. The molecule has 0 amide bonds. The number of nitrogens with one attached hydrogen (secondary N) is 1. The molecule has 2 bridgehead atoms. The van der Waals surface area contributed by atoms with Crippen LogP contribution in [0, 0.1) is 17.1 Å². The average Bonchev–Trinajstić information content (AvgIpc) is 3.18. The summed E-state index contributed by atoms with van der Waals surface area (Å²) >= 11 is 0. The Morgan fingerprint density at radius 3 is 2.56 bits per heavy atom. The molecule has 1 aromatic rings. The van der Waals surface area contributed by atoms with Crippen LogP contribution in [0.5, 0.6) is 0 Å². The summed E-state index contributed by atoms with van der Waals surface area (Å²) in [5.41, 5.74) is 7.43. The lowest BCUT2D eigenvalue weighted by atomic mass is 9.64. The van der Waals surface area contributed by atoms with Crippen molar-refractivity contribution in [2.24, 2.45) is 5.92 Å². The second kappa shape index (κ2) is 4.81. The minimum atomic E-state index is -0.418. The standard InChI is InChI=1S/C23H26FN/c1-7-15-12(2)10-14-11-23(14,6)16-8-9-17(24)20-19(16)21(25)18(15)13(3)22(20,4)5/h7-10,12,25H,11H2,1-6H3/b14-10+,15-7?,25-21?. The van der Waals surface area contributed by atoms with Crippen LogP contribution in [0.2, 0.25) is 0 Å². The summed E-state index contributed by atoms with van der Waals surface area (Å²) in [6, 6.07) is 3.53. The monoisotopic (exact) mass is 335 g/mol. The first kappa shape index (κ1) is 16.5. The molecule has 3 aliphatic carbocycles. The molecule has 4 rings (SSSR count). The average molecular weight is 335 g/mol. The largest absolute Gasteiger partial charge is 0.300 e. The van der Waals surface area contributed by atoms with E-state index in [0.717, 1.165) is 28.7 Å². The zero-order chi connectivity index (χ0) is 18.3. The van der Waals surface area contributed by atoms with Crippen LogP contribution in [0.4, 0.5) is 4.39 Å². The molecule has 0 saturated heterocycles. The van der Waals surface area contributed by atoms with Gasteiger partial charge in [0.15, 0.2) is 0 Å². The first-order chi connectivity index (χ1) is 11.6. The second-order valence-corrected chi connectivity index (χ2v) is 8.58. The normalized spacial score (nSPS) is 33.2. The summed E-state index contributed by atoms with van der Waals surface area (Å²) in [5, 5.41) is 9.04. The maximum atomic E-state index is 15.0. The predicted molar refractivity (Wildman–Crippen MR) is 102 cm³/mol. The van der Waals surface area contributed by atoms with Gasteiger partial charge in [-0.2, -0.15) is 0 Å². The number of benzene rings is 1. The van der Waals surface area contributed by atoms with Crippen molar-refractivity contribution < 1.29 is 4.39 Å². The third-order valence-electron chi connectivity index (χ3n) is 6.86. The number of hydrogen-bond donors (Lipinski definition) is 1. The lowest BCUT2D eigenvalue weighted by Gasteiger charge is -2.39. The van der Waals surface area contributed by atoms with E-state index in [-0.39, 0.29) is 17.2 Å². The van der Waals surface area contributed by atoms with Crippen molar-refractivity contribution in [3.05, 3.63) is 69.1 Å². The van der Waals surface area contributed by atoms with Gasteiger partial charge in [0.2, 0.25) is 0 Å². The van der Waals surface area contributed by atoms with Gasteiger partial charge in [0.05, 0.1) is 5.71 Å². The molecule has 0 spiro atoms. The van der Waals surface area contributed by atoms with Crippen LogP contribution in [0.25, 0.3) is 0 Å². The quantitative estimate of drug-likeness (QED) is 0.564. The van der Waals surface area contributed by atoms with E-state index >= 15 is 0 Å². The summed E-state index contributed by atoms with van der Waals surface area (Å²) in [6.07, 6.45) is 5.52. The van der Waals surface area contributed by atoms with Crippen molar-refractivity contribution in [3.8, 4) is 0 Å². The fraction of sp³-hybridized carbons (Fsp3) is 0.435. The van der Waals surface area contributed by atoms with E-state index < -0.39 is 5.41 Å². The fourth-order valence-corrected chi connectivity index (χ4v) is 4.96. The van der Waals surface area contributed by atoms with Crippen molar-refractivity contribution in [1.82, 2.24) is 0 Å². The van der Waals surface area contributed by atoms with Crippen LogP contribution in [0.15, 0.2) is 46.6 Å². The van der Waals surface area contributed by atoms with E-state index in [1.807, 2.05) is 6.07 Å². The minimum Gasteiger partial charge on any atom is -0.300 e. The van der Waals surface area contributed by atoms with Gasteiger partial charge in [-0.05, 0) is 43.4 Å². The van der Waals surface area contributed by atoms with Gasteiger partial charge in [0.25, 0.3) is 0 Å². The number of rotatable bonds is 0. The van der Waals surface area contributed by atoms with Gasteiger partial charge in [-0.3, -0.25) is 5.41 Å². The summed E-state index contributed by atoms with van der Waals surface area (Å²) < 4.78 is 15.0. The number of halogens is 1. The summed E-state index contributed by atoms with van der Waals surface area (Å²) in [5.74, 6) is 0.0830. The molecule has 2 unspecified atom stereocenters. The Bertz CT molecular complexity index is 926. The number of allylic oxidation sites excluding steroid dienone is 6. The van der Waals surface area contributed by atoms with Gasteiger partial charge in [-0.25, -0.2) is 4.39 Å². The molecule has 3 aliphatic rings. The maximum Gasteiger partial charge on any atom is 0.127 e. The van der Waals surface area contributed by atoms with Crippen LogP contribution < -0.4 is 0 Å². The topological polar surface area (TPSA) is 23.9 Å². The first-order valence-electron chi connectivity index (χ1n) is 9.16. The Balaban J connectivity index is 2.19. The van der Waals surface area contributed by atoms with Crippen LogP contribution in [0.3, 0.4) is 0 Å². The number of fused-ring (bicyclic) bond motifs is 3. The van der Waals surface area contributed by atoms with Crippen molar-refractivity contribution >= 4 is 5.71 Å². The van der Waals surface area contributed by atoms with Crippen LogP contribution >= 0.6 is 0 Å². The van der Waals surface area contributed by atoms with Gasteiger partial charge in [0, 0.05) is 27.5 Å². The zero-order valence-electron chi connectivity index (χ0n) is 16.0. The predicted octanol–water partition coefficient (Wildman–Crippen LogP) is 5.99. The third-order valence-corrected chi connectivity index (χ3v) is 6.86. The zero-order valence-corrected chi connectivity index (χ0v) is 16.0. The molecule has 0 radical (unpaired) electrons. The van der Waals surface area contributed by atoms with Gasteiger partial charge in [-0.15, -0.1) is 0 Å². The highest BCUT2D eigenvalue weighted by Gasteiger charge is 2.51. The Morgan fingerprint density at radius 2 is 1.92 bits per heavy atom. The molecule has 0 heterocycles. The Kier molecular flexibility index (Phi) is 3.18. The Labute approximate surface area is 149 Å². The molecule has 1 saturated carbocycles. The van der Waals surface area contributed by atoms with E-state index in [1.165, 1.54) is 11.1 Å². The Morgan fingerprint density at radius 1 is 1.24 bits per heavy atom. The molecule has 130 valence electrons.